The highest BCUT2D eigenvalue weighted by atomic mass is 35.5. The molecule has 20 heavy (non-hydrogen) atoms. The van der Waals surface area contributed by atoms with E-state index < -0.39 is 0 Å². The third kappa shape index (κ3) is 2.26. The average molecular weight is 306 g/mol. The number of imidazole rings is 1. The Morgan fingerprint density at radius 1 is 1.35 bits per heavy atom. The Hall–Kier alpha value is -1.63. The second kappa shape index (κ2) is 5.05. The highest BCUT2D eigenvalue weighted by Gasteiger charge is 2.30. The van der Waals surface area contributed by atoms with Crippen LogP contribution in [-0.2, 0) is 6.54 Å². The lowest BCUT2D eigenvalue weighted by Crippen LogP contribution is -2.05. The molecule has 1 heterocycles. The van der Waals surface area contributed by atoms with Crippen molar-refractivity contribution in [2.45, 2.75) is 25.3 Å². The van der Waals surface area contributed by atoms with Gasteiger partial charge in [-0.2, -0.15) is 0 Å². The number of anilines is 1. The number of halogens is 2. The van der Waals surface area contributed by atoms with Crippen LogP contribution in [0, 0.1) is 12.3 Å². The smallest absolute Gasteiger partial charge is 0.132 e. The van der Waals surface area contributed by atoms with Gasteiger partial charge in [-0.05, 0) is 25.0 Å². The maximum atomic E-state index is 6.20. The molecule has 1 aromatic carbocycles. The minimum Gasteiger partial charge on any atom is -0.383 e. The maximum absolute atomic E-state index is 6.20. The Balaban J connectivity index is 2.11. The molecule has 2 N–H and O–H groups in total. The van der Waals surface area contributed by atoms with E-state index in [0.717, 1.165) is 29.9 Å². The van der Waals surface area contributed by atoms with E-state index in [-0.39, 0.29) is 0 Å². The molecule has 0 saturated heterocycles. The summed E-state index contributed by atoms with van der Waals surface area (Å²) in [6, 6.07) is 5.39. The quantitative estimate of drug-likeness (QED) is 0.873. The molecular formula is C15H13Cl2N3. The Morgan fingerprint density at radius 2 is 2.10 bits per heavy atom. The number of nitrogens with two attached hydrogens (primary N) is 1. The molecule has 102 valence electrons. The topological polar surface area (TPSA) is 43.8 Å². The zero-order valence-corrected chi connectivity index (χ0v) is 12.2. The molecular weight excluding hydrogens is 293 g/mol. The second-order valence-electron chi connectivity index (χ2n) is 4.90. The molecule has 0 radical (unpaired) electrons. The number of benzene rings is 1. The first-order chi connectivity index (χ1) is 9.61. The van der Waals surface area contributed by atoms with Gasteiger partial charge in [0.25, 0.3) is 0 Å². The minimum absolute atomic E-state index is 0.436. The summed E-state index contributed by atoms with van der Waals surface area (Å²) in [5.41, 5.74) is 7.78. The monoisotopic (exact) mass is 305 g/mol. The maximum Gasteiger partial charge on any atom is 0.132 e. The molecule has 0 unspecified atom stereocenters. The van der Waals surface area contributed by atoms with Crippen LogP contribution in [-0.4, -0.2) is 9.55 Å². The summed E-state index contributed by atoms with van der Waals surface area (Å²) in [6.07, 6.45) is 7.70. The van der Waals surface area contributed by atoms with Crippen molar-refractivity contribution in [2.24, 2.45) is 0 Å². The number of rotatable bonds is 3. The van der Waals surface area contributed by atoms with E-state index in [1.165, 1.54) is 0 Å². The predicted molar refractivity (Wildman–Crippen MR) is 82.9 cm³/mol. The summed E-state index contributed by atoms with van der Waals surface area (Å²) in [6.45, 7) is 0.436. The summed E-state index contributed by atoms with van der Waals surface area (Å²) in [5, 5.41) is 1.00. The summed E-state index contributed by atoms with van der Waals surface area (Å²) in [4.78, 5) is 4.67. The van der Waals surface area contributed by atoms with Crippen LogP contribution in [0.5, 0.6) is 0 Å². The summed E-state index contributed by atoms with van der Waals surface area (Å²) in [7, 11) is 0. The van der Waals surface area contributed by atoms with Gasteiger partial charge < -0.3 is 10.3 Å². The molecule has 1 saturated carbocycles. The Kier molecular flexibility index (Phi) is 3.37. The van der Waals surface area contributed by atoms with Crippen LogP contribution in [0.25, 0.3) is 11.3 Å². The number of nitrogens with zero attached hydrogens (tertiary/aromatic N) is 2. The predicted octanol–water partition coefficient (Wildman–Crippen LogP) is 3.95. The molecule has 0 bridgehead atoms. The second-order valence-corrected chi connectivity index (χ2v) is 5.71. The molecule has 1 aromatic heterocycles. The van der Waals surface area contributed by atoms with E-state index in [9.17, 15) is 0 Å². The van der Waals surface area contributed by atoms with Crippen LogP contribution in [0.1, 0.15) is 24.6 Å². The summed E-state index contributed by atoms with van der Waals surface area (Å²) >= 11 is 12.0. The van der Waals surface area contributed by atoms with Crippen LogP contribution in [0.3, 0.4) is 0 Å². The fraction of sp³-hybridized carbons (Fsp3) is 0.267. The van der Waals surface area contributed by atoms with Gasteiger partial charge >= 0.3 is 0 Å². The van der Waals surface area contributed by atoms with Gasteiger partial charge in [-0.15, -0.1) is 6.42 Å². The minimum atomic E-state index is 0.436. The normalized spacial score (nSPS) is 14.2. The van der Waals surface area contributed by atoms with E-state index >= 15 is 0 Å². The lowest BCUT2D eigenvalue weighted by molar-refractivity contribution is 0.762. The van der Waals surface area contributed by atoms with Crippen LogP contribution < -0.4 is 5.73 Å². The first-order valence-electron chi connectivity index (χ1n) is 6.36. The Labute approximate surface area is 127 Å². The fourth-order valence-corrected chi connectivity index (χ4v) is 2.55. The van der Waals surface area contributed by atoms with E-state index in [0.29, 0.717) is 28.3 Å². The van der Waals surface area contributed by atoms with Crippen LogP contribution in [0.4, 0.5) is 5.82 Å². The molecule has 0 amide bonds. The lowest BCUT2D eigenvalue weighted by Gasteiger charge is -2.05. The molecule has 0 spiro atoms. The summed E-state index contributed by atoms with van der Waals surface area (Å²) < 4.78 is 1.91. The first kappa shape index (κ1) is 13.4. The van der Waals surface area contributed by atoms with Crippen LogP contribution >= 0.6 is 23.2 Å². The SMILES string of the molecule is C#CCn1c(C2CC2)nc(-c2ccc(Cl)c(Cl)c2)c1N. The van der Waals surface area contributed by atoms with Gasteiger partial charge in [-0.3, -0.25) is 0 Å². The van der Waals surface area contributed by atoms with Crippen LogP contribution in [0.2, 0.25) is 10.0 Å². The zero-order valence-electron chi connectivity index (χ0n) is 10.7. The third-order valence-corrected chi connectivity index (χ3v) is 4.16. The van der Waals surface area contributed by atoms with Gasteiger partial charge in [-0.25, -0.2) is 4.98 Å². The van der Waals surface area contributed by atoms with Gasteiger partial charge in [0.1, 0.15) is 17.3 Å². The van der Waals surface area contributed by atoms with E-state index in [2.05, 4.69) is 10.9 Å². The van der Waals surface area contributed by atoms with E-state index in [4.69, 9.17) is 35.4 Å². The van der Waals surface area contributed by atoms with Crippen molar-refractivity contribution in [1.82, 2.24) is 9.55 Å². The van der Waals surface area contributed by atoms with Gasteiger partial charge in [0, 0.05) is 11.5 Å². The van der Waals surface area contributed by atoms with Crippen molar-refractivity contribution in [3.63, 3.8) is 0 Å². The molecule has 1 aliphatic carbocycles. The van der Waals surface area contributed by atoms with Crippen molar-refractivity contribution in [3.8, 4) is 23.6 Å². The molecule has 0 aliphatic heterocycles. The Bertz CT molecular complexity index is 709. The average Bonchev–Trinajstić information content (AvgIpc) is 3.21. The highest BCUT2D eigenvalue weighted by molar-refractivity contribution is 6.42. The third-order valence-electron chi connectivity index (χ3n) is 3.42. The number of terminal acetylenes is 1. The van der Waals surface area contributed by atoms with Gasteiger partial charge in [0.15, 0.2) is 0 Å². The van der Waals surface area contributed by atoms with E-state index in [1.807, 2.05) is 10.6 Å². The lowest BCUT2D eigenvalue weighted by atomic mass is 10.1. The number of hydrogen-bond acceptors (Lipinski definition) is 2. The molecule has 5 heteroatoms. The van der Waals surface area contributed by atoms with Crippen LogP contribution in [0.15, 0.2) is 18.2 Å². The van der Waals surface area contributed by atoms with Gasteiger partial charge in [0.05, 0.1) is 16.6 Å². The summed E-state index contributed by atoms with van der Waals surface area (Å²) in [5.74, 6) is 4.66. The largest absolute Gasteiger partial charge is 0.383 e. The number of aromatic nitrogens is 2. The molecule has 3 nitrogen and oxygen atoms in total. The van der Waals surface area contributed by atoms with Crippen molar-refractivity contribution < 1.29 is 0 Å². The fourth-order valence-electron chi connectivity index (χ4n) is 2.25. The molecule has 2 aromatic rings. The van der Waals surface area contributed by atoms with Gasteiger partial charge in [0.2, 0.25) is 0 Å². The highest BCUT2D eigenvalue weighted by Crippen LogP contribution is 2.42. The standard InChI is InChI=1S/C15H13Cl2N3/c1-2-7-20-14(18)13(19-15(20)9-3-4-9)10-5-6-11(16)12(17)8-10/h1,5-6,8-9H,3-4,7,18H2. The molecule has 0 atom stereocenters. The number of nitrogen functional groups attached to an aromatic ring is 1. The Morgan fingerprint density at radius 3 is 2.70 bits per heavy atom. The van der Waals surface area contributed by atoms with Crippen molar-refractivity contribution in [1.29, 1.82) is 0 Å². The number of hydrogen-bond donors (Lipinski definition) is 1. The van der Waals surface area contributed by atoms with Crippen molar-refractivity contribution >= 4 is 29.0 Å². The first-order valence-corrected chi connectivity index (χ1v) is 7.12. The van der Waals surface area contributed by atoms with Gasteiger partial charge in [-0.1, -0.05) is 35.2 Å². The van der Waals surface area contributed by atoms with Crippen molar-refractivity contribution in [3.05, 3.63) is 34.1 Å². The molecule has 3 rings (SSSR count). The zero-order chi connectivity index (χ0) is 14.3. The van der Waals surface area contributed by atoms with E-state index in [1.54, 1.807) is 12.1 Å². The molecule has 1 aliphatic rings. The van der Waals surface area contributed by atoms with Crippen molar-refractivity contribution in [2.75, 3.05) is 5.73 Å². The molecule has 1 fully saturated rings.